The standard InChI is InChI=1S/C24H26N6O3/c1-15-11-16(2)30(28-15)20-8-6-17(7-9-20)21-5-3-4-10-29(21)24(33)23(32)27-19-12-18(22(25)31)13-26-14-19/h6-9,11-14,21H,3-5,10H2,1-2H3,(H2,25,31)(H,27,32)/t21-/m0/s1. The van der Waals surface area contributed by atoms with Crippen LogP contribution in [0.25, 0.3) is 5.69 Å². The quantitative estimate of drug-likeness (QED) is 0.597. The van der Waals surface area contributed by atoms with E-state index in [9.17, 15) is 14.4 Å². The zero-order valence-electron chi connectivity index (χ0n) is 18.6. The lowest BCUT2D eigenvalue weighted by atomic mass is 9.95. The third-order valence-corrected chi connectivity index (χ3v) is 5.77. The number of nitrogens with one attached hydrogen (secondary N) is 1. The summed E-state index contributed by atoms with van der Waals surface area (Å²) >= 11 is 0. The number of primary amides is 1. The minimum absolute atomic E-state index is 0.152. The Morgan fingerprint density at radius 1 is 1.06 bits per heavy atom. The molecule has 1 aromatic carbocycles. The number of aromatic nitrogens is 3. The van der Waals surface area contributed by atoms with Gasteiger partial charge in [-0.05, 0) is 62.9 Å². The van der Waals surface area contributed by atoms with Crippen molar-refractivity contribution in [2.24, 2.45) is 5.73 Å². The van der Waals surface area contributed by atoms with Crippen molar-refractivity contribution in [3.63, 3.8) is 0 Å². The summed E-state index contributed by atoms with van der Waals surface area (Å²) in [7, 11) is 0. The molecule has 1 aliphatic heterocycles. The number of pyridine rings is 1. The van der Waals surface area contributed by atoms with Crippen molar-refractivity contribution < 1.29 is 14.4 Å². The maximum absolute atomic E-state index is 13.0. The summed E-state index contributed by atoms with van der Waals surface area (Å²) in [4.78, 5) is 42.6. The fourth-order valence-electron chi connectivity index (χ4n) is 4.21. The van der Waals surface area contributed by atoms with Crippen LogP contribution in [0.4, 0.5) is 5.69 Å². The second-order valence-corrected chi connectivity index (χ2v) is 8.22. The van der Waals surface area contributed by atoms with Gasteiger partial charge in [0, 0.05) is 18.4 Å². The average Bonchev–Trinajstić information content (AvgIpc) is 3.16. The molecule has 0 radical (unpaired) electrons. The van der Waals surface area contributed by atoms with Crippen LogP contribution in [0.2, 0.25) is 0 Å². The first kappa shape index (κ1) is 22.2. The van der Waals surface area contributed by atoms with Gasteiger partial charge in [-0.1, -0.05) is 12.1 Å². The van der Waals surface area contributed by atoms with E-state index in [1.807, 2.05) is 48.9 Å². The number of hydrogen-bond donors (Lipinski definition) is 2. The summed E-state index contributed by atoms with van der Waals surface area (Å²) in [6.45, 7) is 4.45. The Balaban J connectivity index is 1.51. The van der Waals surface area contributed by atoms with Gasteiger partial charge in [-0.25, -0.2) is 4.68 Å². The molecule has 1 atom stereocenters. The number of amides is 3. The molecule has 4 rings (SSSR count). The lowest BCUT2D eigenvalue weighted by molar-refractivity contribution is -0.145. The van der Waals surface area contributed by atoms with Crippen molar-refractivity contribution in [2.45, 2.75) is 39.2 Å². The van der Waals surface area contributed by atoms with Crippen molar-refractivity contribution in [3.8, 4) is 5.69 Å². The third kappa shape index (κ3) is 4.77. The largest absolute Gasteiger partial charge is 0.366 e. The molecule has 3 N–H and O–H groups in total. The monoisotopic (exact) mass is 446 g/mol. The highest BCUT2D eigenvalue weighted by Gasteiger charge is 2.32. The molecule has 9 nitrogen and oxygen atoms in total. The topological polar surface area (TPSA) is 123 Å². The normalized spacial score (nSPS) is 15.8. The highest BCUT2D eigenvalue weighted by Crippen LogP contribution is 2.31. The number of nitrogens with zero attached hydrogens (tertiary/aromatic N) is 4. The fourth-order valence-corrected chi connectivity index (χ4v) is 4.21. The maximum atomic E-state index is 13.0. The first-order valence-electron chi connectivity index (χ1n) is 10.8. The number of aryl methyl sites for hydroxylation is 2. The van der Waals surface area contributed by atoms with Gasteiger partial charge in [0.25, 0.3) is 0 Å². The Bertz CT molecular complexity index is 1200. The number of piperidine rings is 1. The molecular weight excluding hydrogens is 420 g/mol. The van der Waals surface area contributed by atoms with E-state index >= 15 is 0 Å². The lowest BCUT2D eigenvalue weighted by Gasteiger charge is -2.35. The predicted octanol–water partition coefficient (Wildman–Crippen LogP) is 2.68. The number of likely N-dealkylation sites (tertiary alicyclic amines) is 1. The molecule has 0 aliphatic carbocycles. The van der Waals surface area contributed by atoms with Crippen LogP contribution < -0.4 is 11.1 Å². The highest BCUT2D eigenvalue weighted by atomic mass is 16.2. The maximum Gasteiger partial charge on any atom is 0.313 e. The number of carbonyl (C=O) groups excluding carboxylic acids is 3. The molecule has 33 heavy (non-hydrogen) atoms. The van der Waals surface area contributed by atoms with Crippen LogP contribution in [0.15, 0.2) is 48.8 Å². The summed E-state index contributed by atoms with van der Waals surface area (Å²) in [6.07, 6.45) is 5.24. The van der Waals surface area contributed by atoms with Gasteiger partial charge in [0.2, 0.25) is 5.91 Å². The number of rotatable bonds is 4. The molecule has 0 saturated carbocycles. The fraction of sp³-hybridized carbons (Fsp3) is 0.292. The summed E-state index contributed by atoms with van der Waals surface area (Å²) in [6, 6.07) is 11.1. The Morgan fingerprint density at radius 2 is 1.82 bits per heavy atom. The van der Waals surface area contributed by atoms with Crippen LogP contribution in [-0.4, -0.2) is 43.9 Å². The Morgan fingerprint density at radius 3 is 2.48 bits per heavy atom. The van der Waals surface area contributed by atoms with E-state index in [1.165, 1.54) is 18.5 Å². The van der Waals surface area contributed by atoms with Gasteiger partial charge in [0.15, 0.2) is 0 Å². The van der Waals surface area contributed by atoms with Crippen LogP contribution in [0, 0.1) is 13.8 Å². The summed E-state index contributed by atoms with van der Waals surface area (Å²) in [5.41, 5.74) is 9.56. The zero-order chi connectivity index (χ0) is 23.5. The van der Waals surface area contributed by atoms with Gasteiger partial charge >= 0.3 is 11.8 Å². The van der Waals surface area contributed by atoms with Crippen molar-refractivity contribution in [1.82, 2.24) is 19.7 Å². The van der Waals surface area contributed by atoms with E-state index in [2.05, 4.69) is 15.4 Å². The van der Waals surface area contributed by atoms with Gasteiger partial charge in [0.1, 0.15) is 0 Å². The van der Waals surface area contributed by atoms with Gasteiger partial charge in [-0.3, -0.25) is 19.4 Å². The first-order valence-corrected chi connectivity index (χ1v) is 10.8. The van der Waals surface area contributed by atoms with Gasteiger partial charge < -0.3 is 16.0 Å². The number of nitrogens with two attached hydrogens (primary N) is 1. The number of hydrogen-bond acceptors (Lipinski definition) is 5. The van der Waals surface area contributed by atoms with E-state index in [0.717, 1.165) is 41.9 Å². The Kier molecular flexibility index (Phi) is 6.21. The summed E-state index contributed by atoms with van der Waals surface area (Å²) in [5, 5.41) is 7.04. The number of benzene rings is 1. The molecule has 1 saturated heterocycles. The van der Waals surface area contributed by atoms with E-state index in [4.69, 9.17) is 5.73 Å². The van der Waals surface area contributed by atoms with Crippen molar-refractivity contribution in [1.29, 1.82) is 0 Å². The molecule has 0 spiro atoms. The Labute approximate surface area is 191 Å². The third-order valence-electron chi connectivity index (χ3n) is 5.77. The van der Waals surface area contributed by atoms with Crippen molar-refractivity contribution >= 4 is 23.4 Å². The molecular formula is C24H26N6O3. The van der Waals surface area contributed by atoms with E-state index in [1.54, 1.807) is 4.90 Å². The molecule has 9 heteroatoms. The number of carbonyl (C=O) groups is 3. The van der Waals surface area contributed by atoms with E-state index in [-0.39, 0.29) is 17.3 Å². The second kappa shape index (κ2) is 9.23. The predicted molar refractivity (Wildman–Crippen MR) is 123 cm³/mol. The molecule has 2 aromatic heterocycles. The minimum Gasteiger partial charge on any atom is -0.366 e. The van der Waals surface area contributed by atoms with Crippen LogP contribution in [0.3, 0.4) is 0 Å². The molecule has 1 aliphatic rings. The van der Waals surface area contributed by atoms with Crippen LogP contribution >= 0.6 is 0 Å². The first-order chi connectivity index (χ1) is 15.8. The SMILES string of the molecule is Cc1cc(C)n(-c2ccc([C@@H]3CCCCN3C(=O)C(=O)Nc3cncc(C(N)=O)c3)cc2)n1. The molecule has 0 bridgehead atoms. The summed E-state index contributed by atoms with van der Waals surface area (Å²) in [5.74, 6) is -2.05. The van der Waals surface area contributed by atoms with Crippen molar-refractivity contribution in [3.05, 3.63) is 71.3 Å². The molecule has 3 amide bonds. The van der Waals surface area contributed by atoms with E-state index in [0.29, 0.717) is 6.54 Å². The molecule has 3 aromatic rings. The van der Waals surface area contributed by atoms with Crippen LogP contribution in [-0.2, 0) is 9.59 Å². The van der Waals surface area contributed by atoms with Crippen LogP contribution in [0.5, 0.6) is 0 Å². The van der Waals surface area contributed by atoms with Gasteiger partial charge in [-0.2, -0.15) is 5.10 Å². The van der Waals surface area contributed by atoms with Gasteiger partial charge in [0.05, 0.1) is 34.9 Å². The molecule has 170 valence electrons. The highest BCUT2D eigenvalue weighted by molar-refractivity contribution is 6.39. The molecule has 0 unspecified atom stereocenters. The lowest BCUT2D eigenvalue weighted by Crippen LogP contribution is -2.44. The van der Waals surface area contributed by atoms with E-state index < -0.39 is 17.7 Å². The average molecular weight is 447 g/mol. The molecule has 3 heterocycles. The second-order valence-electron chi connectivity index (χ2n) is 8.22. The summed E-state index contributed by atoms with van der Waals surface area (Å²) < 4.78 is 1.88. The molecule has 1 fully saturated rings. The Hall–Kier alpha value is -4.01. The van der Waals surface area contributed by atoms with Gasteiger partial charge in [-0.15, -0.1) is 0 Å². The van der Waals surface area contributed by atoms with Crippen molar-refractivity contribution in [2.75, 3.05) is 11.9 Å². The smallest absolute Gasteiger partial charge is 0.313 e. The zero-order valence-corrected chi connectivity index (χ0v) is 18.6. The number of anilines is 1. The minimum atomic E-state index is -0.774. The van der Waals surface area contributed by atoms with Crippen LogP contribution in [0.1, 0.15) is 52.6 Å².